The summed E-state index contributed by atoms with van der Waals surface area (Å²) in [6.07, 6.45) is 3.40. The molecule has 0 bridgehead atoms. The standard InChI is InChI=1S/C34H34BrCl2N3O6/c1-46-21-7-10-26(41)24(15-21)28-22-8-9-23-27(25(22)16-33(36)31(44)39(18-35)32(45)34(28,33)37)30(43)40(29(23)42)20-11-13-38(14-12-20)17-19-5-3-2-4-6-19/h2-8,10,15,20,23,25,27-28,41H,9,11-14,16-18H2,1H3/t23-,25+,27-,28+,33+,34-/m0/s1. The Morgan fingerprint density at radius 2 is 1.70 bits per heavy atom. The maximum Gasteiger partial charge on any atom is 0.254 e. The molecule has 3 aliphatic heterocycles. The van der Waals surface area contributed by atoms with Gasteiger partial charge in [-0.25, -0.2) is 0 Å². The molecule has 1 N–H and O–H groups in total. The van der Waals surface area contributed by atoms with Crippen molar-refractivity contribution in [1.82, 2.24) is 14.7 Å². The lowest BCUT2D eigenvalue weighted by Gasteiger charge is -2.50. The van der Waals surface area contributed by atoms with E-state index in [9.17, 15) is 24.3 Å². The van der Waals surface area contributed by atoms with E-state index in [2.05, 4.69) is 33.0 Å². The molecule has 3 saturated heterocycles. The minimum atomic E-state index is -1.99. The summed E-state index contributed by atoms with van der Waals surface area (Å²) in [5.74, 6) is -4.62. The number of carbonyl (C=O) groups excluding carboxylic acids is 4. The molecule has 242 valence electrons. The molecule has 0 spiro atoms. The van der Waals surface area contributed by atoms with Crippen LogP contribution in [-0.2, 0) is 25.7 Å². The van der Waals surface area contributed by atoms with Crippen LogP contribution in [0.3, 0.4) is 0 Å². The lowest BCUT2D eigenvalue weighted by Crippen LogP contribution is -2.60. The number of benzene rings is 2. The zero-order valence-electron chi connectivity index (χ0n) is 25.2. The number of methoxy groups -OCH3 is 1. The fourth-order valence-corrected chi connectivity index (χ4v) is 9.97. The second kappa shape index (κ2) is 11.6. The monoisotopic (exact) mass is 729 g/mol. The first-order chi connectivity index (χ1) is 22.0. The molecule has 3 heterocycles. The summed E-state index contributed by atoms with van der Waals surface area (Å²) < 4.78 is 5.43. The van der Waals surface area contributed by atoms with Crippen molar-refractivity contribution in [3.8, 4) is 11.5 Å². The molecule has 4 fully saturated rings. The molecule has 1 saturated carbocycles. The van der Waals surface area contributed by atoms with Gasteiger partial charge < -0.3 is 9.84 Å². The van der Waals surface area contributed by atoms with Crippen LogP contribution < -0.4 is 4.74 Å². The van der Waals surface area contributed by atoms with Gasteiger partial charge in [-0.3, -0.25) is 33.9 Å². The number of hydrogen-bond acceptors (Lipinski definition) is 7. The van der Waals surface area contributed by atoms with Crippen molar-refractivity contribution in [3.63, 3.8) is 0 Å². The van der Waals surface area contributed by atoms with Gasteiger partial charge in [0.15, 0.2) is 9.75 Å². The third-order valence-corrected chi connectivity index (χ3v) is 12.7. The number of rotatable bonds is 6. The fourth-order valence-electron chi connectivity index (χ4n) is 8.55. The number of fused-ring (bicyclic) bond motifs is 4. The minimum absolute atomic E-state index is 0.0945. The Morgan fingerprint density at radius 3 is 2.37 bits per heavy atom. The van der Waals surface area contributed by atoms with Crippen LogP contribution in [0.2, 0.25) is 0 Å². The maximum absolute atomic E-state index is 14.4. The third kappa shape index (κ3) is 4.50. The average molecular weight is 731 g/mol. The third-order valence-electron chi connectivity index (χ3n) is 10.8. The molecule has 2 aliphatic carbocycles. The van der Waals surface area contributed by atoms with Crippen molar-refractivity contribution in [2.75, 3.05) is 25.7 Å². The lowest BCUT2D eigenvalue weighted by molar-refractivity contribution is -0.144. The van der Waals surface area contributed by atoms with Crippen LogP contribution in [-0.4, -0.2) is 84.9 Å². The van der Waals surface area contributed by atoms with Crippen molar-refractivity contribution in [1.29, 1.82) is 0 Å². The molecule has 6 atom stereocenters. The second-order valence-corrected chi connectivity index (χ2v) is 14.7. The van der Waals surface area contributed by atoms with Crippen LogP contribution in [0.1, 0.15) is 42.7 Å². The maximum atomic E-state index is 14.4. The van der Waals surface area contributed by atoms with E-state index in [1.807, 2.05) is 24.3 Å². The highest BCUT2D eigenvalue weighted by Crippen LogP contribution is 2.66. The first kappa shape index (κ1) is 31.7. The Labute approximate surface area is 285 Å². The zero-order chi connectivity index (χ0) is 32.5. The molecule has 0 aromatic heterocycles. The minimum Gasteiger partial charge on any atom is -0.508 e. The molecule has 5 aliphatic rings. The van der Waals surface area contributed by atoms with Crippen LogP contribution in [0.5, 0.6) is 11.5 Å². The van der Waals surface area contributed by atoms with Gasteiger partial charge in [-0.2, -0.15) is 0 Å². The van der Waals surface area contributed by atoms with Crippen molar-refractivity contribution in [2.45, 2.75) is 53.9 Å². The van der Waals surface area contributed by atoms with E-state index in [1.54, 1.807) is 12.1 Å². The first-order valence-electron chi connectivity index (χ1n) is 15.5. The predicted octanol–water partition coefficient (Wildman–Crippen LogP) is 4.78. The number of amides is 4. The van der Waals surface area contributed by atoms with Crippen molar-refractivity contribution in [2.24, 2.45) is 17.8 Å². The molecule has 4 amide bonds. The van der Waals surface area contributed by atoms with Gasteiger partial charge in [0.05, 0.1) is 24.4 Å². The lowest BCUT2D eigenvalue weighted by atomic mass is 9.56. The number of allylic oxidation sites excluding steroid dienone is 2. The van der Waals surface area contributed by atoms with E-state index in [0.29, 0.717) is 24.2 Å². The van der Waals surface area contributed by atoms with E-state index in [-0.39, 0.29) is 47.5 Å². The van der Waals surface area contributed by atoms with Crippen LogP contribution >= 0.6 is 39.1 Å². The van der Waals surface area contributed by atoms with E-state index in [1.165, 1.54) is 23.6 Å². The zero-order valence-corrected chi connectivity index (χ0v) is 28.3. The van der Waals surface area contributed by atoms with Crippen LogP contribution in [0.15, 0.2) is 60.2 Å². The summed E-state index contributed by atoms with van der Waals surface area (Å²) in [6, 6.07) is 14.6. The van der Waals surface area contributed by atoms with E-state index in [4.69, 9.17) is 27.9 Å². The summed E-state index contributed by atoms with van der Waals surface area (Å²) in [6.45, 7) is 2.33. The number of nitrogens with zero attached hydrogens (tertiary/aromatic N) is 3. The second-order valence-electron chi connectivity index (χ2n) is 13.0. The number of ether oxygens (including phenoxy) is 1. The molecule has 0 radical (unpaired) electrons. The average Bonchev–Trinajstić information content (AvgIpc) is 3.40. The Hall–Kier alpha value is -2.92. The largest absolute Gasteiger partial charge is 0.508 e. The molecule has 2 aromatic carbocycles. The number of piperidine rings is 1. The molecular weight excluding hydrogens is 697 g/mol. The van der Waals surface area contributed by atoms with Gasteiger partial charge in [0.2, 0.25) is 11.8 Å². The quantitative estimate of drug-likeness (QED) is 0.198. The summed E-state index contributed by atoms with van der Waals surface area (Å²) in [7, 11) is 1.48. The molecule has 2 aromatic rings. The van der Waals surface area contributed by atoms with Crippen molar-refractivity contribution < 1.29 is 29.0 Å². The fraction of sp³-hybridized carbons (Fsp3) is 0.471. The molecule has 46 heavy (non-hydrogen) atoms. The molecule has 0 unspecified atom stereocenters. The molecule has 7 rings (SSSR count). The number of imide groups is 2. The van der Waals surface area contributed by atoms with Gasteiger partial charge in [-0.1, -0.05) is 57.9 Å². The van der Waals surface area contributed by atoms with Crippen LogP contribution in [0.4, 0.5) is 0 Å². The highest BCUT2D eigenvalue weighted by molar-refractivity contribution is 9.09. The highest BCUT2D eigenvalue weighted by Gasteiger charge is 2.76. The number of phenolic OH excluding ortho intramolecular Hbond substituents is 1. The summed E-state index contributed by atoms with van der Waals surface area (Å²) in [4.78, 5) is 57.1. The summed E-state index contributed by atoms with van der Waals surface area (Å²) >= 11 is 17.8. The predicted molar refractivity (Wildman–Crippen MR) is 175 cm³/mol. The van der Waals surface area contributed by atoms with Gasteiger partial charge >= 0.3 is 0 Å². The molecule has 9 nitrogen and oxygen atoms in total. The number of alkyl halides is 3. The van der Waals surface area contributed by atoms with Gasteiger partial charge in [-0.15, -0.1) is 23.2 Å². The normalized spacial score (nSPS) is 33.2. The number of carbonyl (C=O) groups is 4. The van der Waals surface area contributed by atoms with Crippen LogP contribution in [0, 0.1) is 17.8 Å². The highest BCUT2D eigenvalue weighted by atomic mass is 79.9. The van der Waals surface area contributed by atoms with Gasteiger partial charge in [-0.05, 0) is 55.4 Å². The Morgan fingerprint density at radius 1 is 0.978 bits per heavy atom. The number of hydrogen-bond donors (Lipinski definition) is 1. The Balaban J connectivity index is 1.23. The number of phenols is 1. The van der Waals surface area contributed by atoms with Crippen molar-refractivity contribution >= 4 is 62.8 Å². The van der Waals surface area contributed by atoms with Gasteiger partial charge in [0.25, 0.3) is 11.8 Å². The van der Waals surface area contributed by atoms with Crippen LogP contribution in [0.25, 0.3) is 0 Å². The molecular formula is C34H34BrCl2N3O6. The van der Waals surface area contributed by atoms with E-state index < -0.39 is 45.2 Å². The number of halogens is 3. The summed E-state index contributed by atoms with van der Waals surface area (Å²) in [5, 5.41) is 11.1. The summed E-state index contributed by atoms with van der Waals surface area (Å²) in [5.41, 5.74) is 2.01. The van der Waals surface area contributed by atoms with E-state index >= 15 is 0 Å². The smallest absolute Gasteiger partial charge is 0.254 e. The van der Waals surface area contributed by atoms with Crippen molar-refractivity contribution in [3.05, 3.63) is 71.3 Å². The van der Waals surface area contributed by atoms with Gasteiger partial charge in [0.1, 0.15) is 11.5 Å². The SMILES string of the molecule is COc1ccc(O)c([C@H]2C3=CC[C@@H]4C(=O)N(C5CCN(Cc6ccccc6)CC5)C(=O)[C@@H]4[C@@H]3C[C@@]3(Cl)C(=O)N(CBr)C(=O)[C@@]23Cl)c1. The van der Waals surface area contributed by atoms with Gasteiger partial charge in [0, 0.05) is 37.2 Å². The number of aromatic hydroxyl groups is 1. The first-order valence-corrected chi connectivity index (χ1v) is 17.4. The topological polar surface area (TPSA) is 107 Å². The van der Waals surface area contributed by atoms with E-state index in [0.717, 1.165) is 24.5 Å². The Bertz CT molecular complexity index is 1650. The number of likely N-dealkylation sites (tertiary alicyclic amines) is 3. The Kier molecular flexibility index (Phi) is 8.02. The molecule has 12 heteroatoms.